The van der Waals surface area contributed by atoms with Gasteiger partial charge in [-0.25, -0.2) is 4.79 Å². The Morgan fingerprint density at radius 2 is 1.63 bits per heavy atom. The summed E-state index contributed by atoms with van der Waals surface area (Å²) < 4.78 is 13.2. The van der Waals surface area contributed by atoms with E-state index in [2.05, 4.69) is 34.1 Å². The molecule has 1 aromatic heterocycles. The third-order valence-corrected chi connectivity index (χ3v) is 6.42. The number of aryl methyl sites for hydroxylation is 2. The lowest BCUT2D eigenvalue weighted by molar-refractivity contribution is 0.194. The third-order valence-electron chi connectivity index (χ3n) is 6.42. The Balaban J connectivity index is 1.64. The van der Waals surface area contributed by atoms with Gasteiger partial charge in [0.05, 0.1) is 32.5 Å². The molecule has 35 heavy (non-hydrogen) atoms. The number of urea groups is 1. The summed E-state index contributed by atoms with van der Waals surface area (Å²) in [6.07, 6.45) is 2.05. The minimum atomic E-state index is -0.344. The Morgan fingerprint density at radius 3 is 2.37 bits per heavy atom. The molecule has 0 fully saturated rings. The van der Waals surface area contributed by atoms with E-state index in [0.717, 1.165) is 39.3 Å². The van der Waals surface area contributed by atoms with Gasteiger partial charge in [-0.3, -0.25) is 0 Å². The number of methoxy groups -OCH3 is 2. The molecule has 0 unspecified atom stereocenters. The highest BCUT2D eigenvalue weighted by molar-refractivity contribution is 5.90. The zero-order chi connectivity index (χ0) is 24.5. The van der Waals surface area contributed by atoms with Gasteiger partial charge in [-0.2, -0.15) is 0 Å². The number of ether oxygens (including phenoxy) is 2. The first-order valence-electron chi connectivity index (χ1n) is 11.6. The van der Waals surface area contributed by atoms with Crippen LogP contribution in [0.4, 0.5) is 10.5 Å². The van der Waals surface area contributed by atoms with E-state index >= 15 is 0 Å². The zero-order valence-electron chi connectivity index (χ0n) is 20.4. The van der Waals surface area contributed by atoms with Gasteiger partial charge >= 0.3 is 6.03 Å². The van der Waals surface area contributed by atoms with Crippen molar-refractivity contribution >= 4 is 11.7 Å². The molecule has 0 saturated heterocycles. The van der Waals surface area contributed by atoms with Crippen LogP contribution in [0.1, 0.15) is 34.0 Å². The monoisotopic (exact) mass is 467 g/mol. The molecule has 178 valence electrons. The summed E-state index contributed by atoms with van der Waals surface area (Å²) >= 11 is 0. The van der Waals surface area contributed by atoms with Crippen LogP contribution in [0, 0.1) is 13.8 Å². The first-order valence-corrected chi connectivity index (χ1v) is 11.6. The van der Waals surface area contributed by atoms with Crippen molar-refractivity contribution in [2.45, 2.75) is 26.4 Å². The number of rotatable bonds is 4. The second-order valence-corrected chi connectivity index (χ2v) is 8.88. The molecule has 0 spiro atoms. The number of aromatic nitrogens is 1. The molecule has 3 aromatic carbocycles. The molecule has 0 aliphatic carbocycles. The first kappa shape index (κ1) is 22.6. The highest BCUT2D eigenvalue weighted by Gasteiger charge is 2.33. The number of carbonyl (C=O) groups is 1. The molecule has 0 radical (unpaired) electrons. The minimum absolute atomic E-state index is 0.167. The van der Waals surface area contributed by atoms with Crippen LogP contribution >= 0.6 is 0 Å². The van der Waals surface area contributed by atoms with E-state index in [1.54, 1.807) is 14.2 Å². The summed E-state index contributed by atoms with van der Waals surface area (Å²) in [5, 5.41) is 3.15. The SMILES string of the molecule is COc1ccc([C@@H]2c3cccn3-c3ccccc3CN2C(=O)Nc2cc(C)cc(C)c2)cc1OC. The number of nitrogens with zero attached hydrogens (tertiary/aromatic N) is 2. The van der Waals surface area contributed by atoms with Crippen molar-refractivity contribution in [3.63, 3.8) is 0 Å². The molecular weight excluding hydrogens is 438 g/mol. The molecule has 2 heterocycles. The maximum Gasteiger partial charge on any atom is 0.322 e. The molecule has 0 bridgehead atoms. The Labute approximate surface area is 205 Å². The Kier molecular flexibility index (Phi) is 5.95. The average Bonchev–Trinajstić information content (AvgIpc) is 3.27. The number of carbonyl (C=O) groups excluding carboxylic acids is 1. The molecule has 4 aromatic rings. The fourth-order valence-corrected chi connectivity index (χ4v) is 4.96. The topological polar surface area (TPSA) is 55.7 Å². The molecule has 1 N–H and O–H groups in total. The fraction of sp³-hybridized carbons (Fsp3) is 0.207. The Hall–Kier alpha value is -4.19. The average molecular weight is 468 g/mol. The summed E-state index contributed by atoms with van der Waals surface area (Å²) in [6.45, 7) is 4.52. The van der Waals surface area contributed by atoms with Crippen molar-refractivity contribution in [1.29, 1.82) is 0 Å². The predicted molar refractivity (Wildman–Crippen MR) is 138 cm³/mol. The van der Waals surface area contributed by atoms with Crippen LogP contribution in [0.5, 0.6) is 11.5 Å². The van der Waals surface area contributed by atoms with Gasteiger partial charge < -0.3 is 24.3 Å². The highest BCUT2D eigenvalue weighted by atomic mass is 16.5. The Morgan fingerprint density at radius 1 is 0.886 bits per heavy atom. The van der Waals surface area contributed by atoms with Gasteiger partial charge in [0.1, 0.15) is 0 Å². The standard InChI is InChI=1S/C29H29N3O3/c1-19-14-20(2)16-23(15-19)30-29(33)32-18-22-8-5-6-9-24(22)31-13-7-10-25(31)28(32)21-11-12-26(34-3)27(17-21)35-4/h5-17,28H,18H2,1-4H3,(H,30,33)/t28-/m1/s1. The number of benzene rings is 3. The lowest BCUT2D eigenvalue weighted by Gasteiger charge is -2.31. The third kappa shape index (κ3) is 4.23. The van der Waals surface area contributed by atoms with Gasteiger partial charge in [-0.05, 0) is 78.6 Å². The van der Waals surface area contributed by atoms with E-state index < -0.39 is 0 Å². The molecule has 2 amide bonds. The zero-order valence-corrected chi connectivity index (χ0v) is 20.4. The predicted octanol–water partition coefficient (Wildman–Crippen LogP) is 6.25. The van der Waals surface area contributed by atoms with Crippen molar-refractivity contribution in [2.75, 3.05) is 19.5 Å². The van der Waals surface area contributed by atoms with Gasteiger partial charge in [0.2, 0.25) is 0 Å². The lowest BCUT2D eigenvalue weighted by atomic mass is 10.0. The Bertz CT molecular complexity index is 1370. The summed E-state index contributed by atoms with van der Waals surface area (Å²) in [5.41, 5.74) is 7.07. The second-order valence-electron chi connectivity index (χ2n) is 8.88. The lowest BCUT2D eigenvalue weighted by Crippen LogP contribution is -2.38. The van der Waals surface area contributed by atoms with Crippen molar-refractivity contribution in [3.05, 3.63) is 107 Å². The molecule has 6 heteroatoms. The maximum atomic E-state index is 13.9. The van der Waals surface area contributed by atoms with Crippen molar-refractivity contribution in [3.8, 4) is 17.2 Å². The van der Waals surface area contributed by atoms with Crippen LogP contribution in [0.15, 0.2) is 79.0 Å². The van der Waals surface area contributed by atoms with Gasteiger partial charge in [-0.1, -0.05) is 30.3 Å². The number of fused-ring (bicyclic) bond motifs is 3. The van der Waals surface area contributed by atoms with Gasteiger partial charge in [0.25, 0.3) is 0 Å². The van der Waals surface area contributed by atoms with Gasteiger partial charge in [-0.15, -0.1) is 0 Å². The van der Waals surface area contributed by atoms with Crippen LogP contribution in [-0.2, 0) is 6.54 Å². The number of hydrogen-bond donors (Lipinski definition) is 1. The van der Waals surface area contributed by atoms with Crippen molar-refractivity contribution in [1.82, 2.24) is 9.47 Å². The smallest absolute Gasteiger partial charge is 0.322 e. The molecule has 6 nitrogen and oxygen atoms in total. The number of hydrogen-bond acceptors (Lipinski definition) is 3. The molecule has 1 aliphatic rings. The van der Waals surface area contributed by atoms with Gasteiger partial charge in [0.15, 0.2) is 11.5 Å². The summed E-state index contributed by atoms with van der Waals surface area (Å²) in [6, 6.07) is 23.7. The van der Waals surface area contributed by atoms with E-state index in [-0.39, 0.29) is 12.1 Å². The van der Waals surface area contributed by atoms with Crippen molar-refractivity contribution in [2.24, 2.45) is 0 Å². The van der Waals surface area contributed by atoms with Crippen LogP contribution < -0.4 is 14.8 Å². The highest BCUT2D eigenvalue weighted by Crippen LogP contribution is 2.39. The van der Waals surface area contributed by atoms with Crippen LogP contribution in [-0.4, -0.2) is 29.7 Å². The molecule has 0 saturated carbocycles. The number of para-hydroxylation sites is 1. The van der Waals surface area contributed by atoms with E-state index in [1.165, 1.54) is 0 Å². The quantitative estimate of drug-likeness (QED) is 0.386. The van der Waals surface area contributed by atoms with E-state index in [1.807, 2.05) is 73.5 Å². The van der Waals surface area contributed by atoms with Crippen LogP contribution in [0.3, 0.4) is 0 Å². The minimum Gasteiger partial charge on any atom is -0.493 e. The van der Waals surface area contributed by atoms with E-state index in [9.17, 15) is 4.79 Å². The summed E-state index contributed by atoms with van der Waals surface area (Å²) in [7, 11) is 3.24. The molecular formula is C29H29N3O3. The maximum absolute atomic E-state index is 13.9. The van der Waals surface area contributed by atoms with Crippen LogP contribution in [0.2, 0.25) is 0 Å². The van der Waals surface area contributed by atoms with Crippen molar-refractivity contribution < 1.29 is 14.3 Å². The summed E-state index contributed by atoms with van der Waals surface area (Å²) in [4.78, 5) is 15.8. The first-order chi connectivity index (χ1) is 17.0. The normalized spacial score (nSPS) is 14.5. The van der Waals surface area contributed by atoms with E-state index in [4.69, 9.17) is 9.47 Å². The molecule has 1 aliphatic heterocycles. The molecule has 5 rings (SSSR count). The fourth-order valence-electron chi connectivity index (χ4n) is 4.96. The second kappa shape index (κ2) is 9.22. The largest absolute Gasteiger partial charge is 0.493 e. The van der Waals surface area contributed by atoms with Gasteiger partial charge in [0, 0.05) is 17.6 Å². The number of anilines is 1. The van der Waals surface area contributed by atoms with E-state index in [0.29, 0.717) is 18.0 Å². The number of amides is 2. The van der Waals surface area contributed by atoms with Crippen LogP contribution in [0.25, 0.3) is 5.69 Å². The number of nitrogens with one attached hydrogen (secondary N) is 1. The molecule has 1 atom stereocenters. The summed E-state index contributed by atoms with van der Waals surface area (Å²) in [5.74, 6) is 1.27.